The molecule has 1 saturated carbocycles. The first-order valence-electron chi connectivity index (χ1n) is 6.89. The molecule has 0 spiro atoms. The van der Waals surface area contributed by atoms with Gasteiger partial charge in [-0.15, -0.1) is 0 Å². The molecule has 1 N–H and O–H groups in total. The number of hydrogen-bond donors (Lipinski definition) is 1. The van der Waals surface area contributed by atoms with Crippen molar-refractivity contribution in [1.29, 1.82) is 0 Å². The van der Waals surface area contributed by atoms with Crippen molar-refractivity contribution in [2.24, 2.45) is 5.92 Å². The molecule has 1 fully saturated rings. The lowest BCUT2D eigenvalue weighted by molar-refractivity contribution is -0.133. The first kappa shape index (κ1) is 15.4. The van der Waals surface area contributed by atoms with E-state index in [1.54, 1.807) is 13.8 Å². The Morgan fingerprint density at radius 2 is 1.94 bits per heavy atom. The number of amides is 1. The Hall–Kier alpha value is -0.610. The zero-order valence-corrected chi connectivity index (χ0v) is 12.4. The molecule has 0 aromatic heterocycles. The molecular weight excluding hydrogens is 228 g/mol. The van der Waals surface area contributed by atoms with Crippen LogP contribution in [0.5, 0.6) is 0 Å². The van der Waals surface area contributed by atoms with Crippen LogP contribution in [0.15, 0.2) is 0 Å². The third kappa shape index (κ3) is 5.83. The van der Waals surface area contributed by atoms with Gasteiger partial charge in [0, 0.05) is 19.1 Å². The number of aliphatic hydroxyl groups is 1. The van der Waals surface area contributed by atoms with Gasteiger partial charge in [0.2, 0.25) is 5.91 Å². The summed E-state index contributed by atoms with van der Waals surface area (Å²) in [6.45, 7) is 9.57. The first-order valence-corrected chi connectivity index (χ1v) is 6.89. The SMILES string of the molecule is CC(C)CN(C(=O)CN(C)CC(C)(C)O)C1CC1. The first-order chi connectivity index (χ1) is 8.19. The Bertz CT molecular complexity index is 280. The van der Waals surface area contributed by atoms with Crippen molar-refractivity contribution in [2.45, 2.75) is 52.2 Å². The molecule has 0 aromatic rings. The molecule has 1 aliphatic rings. The summed E-state index contributed by atoms with van der Waals surface area (Å²) < 4.78 is 0. The van der Waals surface area contributed by atoms with E-state index in [1.165, 1.54) is 0 Å². The second kappa shape index (κ2) is 6.02. The minimum Gasteiger partial charge on any atom is -0.389 e. The summed E-state index contributed by atoms with van der Waals surface area (Å²) in [5.74, 6) is 0.701. The number of hydrogen-bond acceptors (Lipinski definition) is 3. The van der Waals surface area contributed by atoms with E-state index in [4.69, 9.17) is 0 Å². The molecule has 1 amide bonds. The molecule has 4 nitrogen and oxygen atoms in total. The maximum absolute atomic E-state index is 12.3. The maximum atomic E-state index is 12.3. The summed E-state index contributed by atoms with van der Waals surface area (Å²) in [5, 5.41) is 9.74. The zero-order valence-electron chi connectivity index (χ0n) is 12.4. The van der Waals surface area contributed by atoms with Gasteiger partial charge in [-0.25, -0.2) is 0 Å². The van der Waals surface area contributed by atoms with E-state index in [0.29, 0.717) is 25.0 Å². The summed E-state index contributed by atoms with van der Waals surface area (Å²) in [5.41, 5.74) is -0.752. The highest BCUT2D eigenvalue weighted by Crippen LogP contribution is 2.27. The van der Waals surface area contributed by atoms with Crippen molar-refractivity contribution in [2.75, 3.05) is 26.7 Å². The van der Waals surface area contributed by atoms with Crippen LogP contribution in [0.3, 0.4) is 0 Å². The van der Waals surface area contributed by atoms with Crippen LogP contribution in [0.1, 0.15) is 40.5 Å². The number of carbonyl (C=O) groups excluding carboxylic acids is 1. The molecule has 0 bridgehead atoms. The second-order valence-electron chi connectivity index (χ2n) is 6.66. The smallest absolute Gasteiger partial charge is 0.236 e. The summed E-state index contributed by atoms with van der Waals surface area (Å²) in [7, 11) is 1.89. The number of nitrogens with zero attached hydrogens (tertiary/aromatic N) is 2. The number of likely N-dealkylation sites (N-methyl/N-ethyl adjacent to an activating group) is 1. The predicted molar refractivity (Wildman–Crippen MR) is 73.4 cm³/mol. The van der Waals surface area contributed by atoms with Gasteiger partial charge in [-0.05, 0) is 39.7 Å². The second-order valence-corrected chi connectivity index (χ2v) is 6.66. The topological polar surface area (TPSA) is 43.8 Å². The lowest BCUT2D eigenvalue weighted by Crippen LogP contribution is -2.45. The molecular formula is C14H28N2O2. The van der Waals surface area contributed by atoms with Crippen molar-refractivity contribution >= 4 is 5.91 Å². The quantitative estimate of drug-likeness (QED) is 0.747. The van der Waals surface area contributed by atoms with E-state index in [-0.39, 0.29) is 5.91 Å². The molecule has 1 aliphatic carbocycles. The van der Waals surface area contributed by atoms with Crippen molar-refractivity contribution < 1.29 is 9.90 Å². The van der Waals surface area contributed by atoms with Gasteiger partial charge in [0.15, 0.2) is 0 Å². The van der Waals surface area contributed by atoms with Gasteiger partial charge in [-0.2, -0.15) is 0 Å². The number of rotatable bonds is 7. The van der Waals surface area contributed by atoms with Gasteiger partial charge >= 0.3 is 0 Å². The summed E-state index contributed by atoms with van der Waals surface area (Å²) in [6.07, 6.45) is 2.29. The van der Waals surface area contributed by atoms with Gasteiger partial charge in [0.1, 0.15) is 0 Å². The third-order valence-electron chi connectivity index (χ3n) is 2.93. The minimum absolute atomic E-state index is 0.193. The molecule has 0 atom stereocenters. The molecule has 4 heteroatoms. The lowest BCUT2D eigenvalue weighted by Gasteiger charge is -2.29. The Kier molecular flexibility index (Phi) is 5.17. The fraction of sp³-hybridized carbons (Fsp3) is 0.929. The number of carbonyl (C=O) groups is 1. The van der Waals surface area contributed by atoms with Crippen LogP contribution in [0.4, 0.5) is 0 Å². The monoisotopic (exact) mass is 256 g/mol. The van der Waals surface area contributed by atoms with Crippen LogP contribution >= 0.6 is 0 Å². The normalized spacial score (nSPS) is 16.4. The van der Waals surface area contributed by atoms with Crippen molar-refractivity contribution in [1.82, 2.24) is 9.80 Å². The van der Waals surface area contributed by atoms with E-state index in [2.05, 4.69) is 13.8 Å². The Labute approximate surface area is 111 Å². The molecule has 0 saturated heterocycles. The highest BCUT2D eigenvalue weighted by atomic mass is 16.3. The van der Waals surface area contributed by atoms with Crippen LogP contribution in [0.25, 0.3) is 0 Å². The predicted octanol–water partition coefficient (Wildman–Crippen LogP) is 1.34. The van der Waals surface area contributed by atoms with Crippen LogP contribution in [-0.2, 0) is 4.79 Å². The van der Waals surface area contributed by atoms with Crippen molar-refractivity contribution in [3.05, 3.63) is 0 Å². The van der Waals surface area contributed by atoms with Gasteiger partial charge in [0.05, 0.1) is 12.1 Å². The van der Waals surface area contributed by atoms with E-state index >= 15 is 0 Å². The highest BCUT2D eigenvalue weighted by Gasteiger charge is 2.33. The summed E-state index contributed by atoms with van der Waals surface area (Å²) >= 11 is 0. The van der Waals surface area contributed by atoms with Gasteiger partial charge < -0.3 is 10.0 Å². The van der Waals surface area contributed by atoms with Crippen LogP contribution in [0, 0.1) is 5.92 Å². The van der Waals surface area contributed by atoms with Crippen molar-refractivity contribution in [3.8, 4) is 0 Å². The summed E-state index contributed by atoms with van der Waals surface area (Å²) in [4.78, 5) is 16.2. The molecule has 106 valence electrons. The Morgan fingerprint density at radius 1 is 1.39 bits per heavy atom. The Morgan fingerprint density at radius 3 is 2.33 bits per heavy atom. The van der Waals surface area contributed by atoms with Crippen LogP contribution in [-0.4, -0.2) is 59.1 Å². The highest BCUT2D eigenvalue weighted by molar-refractivity contribution is 5.79. The molecule has 0 radical (unpaired) electrons. The van der Waals surface area contributed by atoms with E-state index in [0.717, 1.165) is 19.4 Å². The summed E-state index contributed by atoms with van der Waals surface area (Å²) in [6, 6.07) is 0.468. The molecule has 18 heavy (non-hydrogen) atoms. The largest absolute Gasteiger partial charge is 0.389 e. The molecule has 0 heterocycles. The molecule has 0 aliphatic heterocycles. The van der Waals surface area contributed by atoms with E-state index < -0.39 is 5.60 Å². The van der Waals surface area contributed by atoms with Crippen LogP contribution < -0.4 is 0 Å². The lowest BCUT2D eigenvalue weighted by atomic mass is 10.1. The van der Waals surface area contributed by atoms with E-state index in [1.807, 2.05) is 16.8 Å². The van der Waals surface area contributed by atoms with Gasteiger partial charge in [0.25, 0.3) is 0 Å². The van der Waals surface area contributed by atoms with Gasteiger partial charge in [-0.1, -0.05) is 13.8 Å². The average Bonchev–Trinajstić information content (AvgIpc) is 2.92. The molecule has 1 rings (SSSR count). The maximum Gasteiger partial charge on any atom is 0.236 e. The molecule has 0 unspecified atom stereocenters. The Balaban J connectivity index is 2.46. The van der Waals surface area contributed by atoms with Crippen LogP contribution in [0.2, 0.25) is 0 Å². The third-order valence-corrected chi connectivity index (χ3v) is 2.93. The standard InChI is InChI=1S/C14H28N2O2/c1-11(2)8-16(12-6-7-12)13(17)9-15(5)10-14(3,4)18/h11-12,18H,6-10H2,1-5H3. The average molecular weight is 256 g/mol. The molecule has 0 aromatic carbocycles. The van der Waals surface area contributed by atoms with Crippen molar-refractivity contribution in [3.63, 3.8) is 0 Å². The minimum atomic E-state index is -0.752. The van der Waals surface area contributed by atoms with Gasteiger partial charge in [-0.3, -0.25) is 9.69 Å². The zero-order chi connectivity index (χ0) is 13.9. The fourth-order valence-corrected chi connectivity index (χ4v) is 2.27. The fourth-order valence-electron chi connectivity index (χ4n) is 2.27. The van der Waals surface area contributed by atoms with E-state index in [9.17, 15) is 9.90 Å².